The first-order valence-corrected chi connectivity index (χ1v) is 9.84. The molecule has 1 fully saturated rings. The van der Waals surface area contributed by atoms with E-state index in [1.807, 2.05) is 36.9 Å². The third kappa shape index (κ3) is 6.80. The van der Waals surface area contributed by atoms with Crippen molar-refractivity contribution in [3.8, 4) is 5.75 Å². The summed E-state index contributed by atoms with van der Waals surface area (Å²) in [4.78, 5) is 28.0. The molecule has 0 aromatic heterocycles. The summed E-state index contributed by atoms with van der Waals surface area (Å²) in [5, 5.41) is 0. The molecule has 2 rings (SSSR count). The van der Waals surface area contributed by atoms with E-state index in [0.29, 0.717) is 58.8 Å². The zero-order valence-corrected chi connectivity index (χ0v) is 17.2. The number of benzene rings is 1. The van der Waals surface area contributed by atoms with Crippen LogP contribution in [0.25, 0.3) is 0 Å². The van der Waals surface area contributed by atoms with Crippen molar-refractivity contribution in [1.82, 2.24) is 9.80 Å². The van der Waals surface area contributed by atoms with E-state index in [1.165, 1.54) is 0 Å². The Morgan fingerprint density at radius 2 is 1.54 bits per heavy atom. The molecule has 0 unspecified atom stereocenters. The topological polar surface area (TPSA) is 68.3 Å². The molecule has 28 heavy (non-hydrogen) atoms. The van der Waals surface area contributed by atoms with Crippen molar-refractivity contribution in [3.63, 3.8) is 0 Å². The normalized spacial score (nSPS) is 14.2. The second-order valence-electron chi connectivity index (χ2n) is 6.98. The molecule has 1 heterocycles. The number of piperazine rings is 1. The van der Waals surface area contributed by atoms with E-state index in [9.17, 15) is 9.59 Å². The van der Waals surface area contributed by atoms with Gasteiger partial charge in [-0.3, -0.25) is 9.59 Å². The van der Waals surface area contributed by atoms with E-state index >= 15 is 0 Å². The van der Waals surface area contributed by atoms with Crippen LogP contribution < -0.4 is 4.74 Å². The van der Waals surface area contributed by atoms with Crippen molar-refractivity contribution in [2.75, 3.05) is 59.7 Å². The summed E-state index contributed by atoms with van der Waals surface area (Å²) >= 11 is 0. The van der Waals surface area contributed by atoms with Crippen LogP contribution in [0.5, 0.6) is 5.75 Å². The molecule has 0 bridgehead atoms. The standard InChI is InChI=1S/C21H32N2O5/c1-17-6-4-7-18(2)21(17)28-13-5-8-19(24)22-9-11-23(12-10-22)20(25)16-27-15-14-26-3/h4,6-7H,5,8-16H2,1-3H3. The molecule has 0 N–H and O–H groups in total. The number of hydrogen-bond donors (Lipinski definition) is 0. The van der Waals surface area contributed by atoms with Crippen LogP contribution in [0.1, 0.15) is 24.0 Å². The van der Waals surface area contributed by atoms with Crippen LogP contribution in [0.4, 0.5) is 0 Å². The van der Waals surface area contributed by atoms with E-state index in [4.69, 9.17) is 14.2 Å². The zero-order chi connectivity index (χ0) is 20.4. The maximum atomic E-state index is 12.4. The van der Waals surface area contributed by atoms with Gasteiger partial charge in [0.2, 0.25) is 11.8 Å². The van der Waals surface area contributed by atoms with E-state index in [0.717, 1.165) is 16.9 Å². The summed E-state index contributed by atoms with van der Waals surface area (Å²) in [6, 6.07) is 6.06. The Bertz CT molecular complexity index is 621. The maximum Gasteiger partial charge on any atom is 0.248 e. The molecule has 0 saturated carbocycles. The van der Waals surface area contributed by atoms with Crippen LogP contribution in [0.15, 0.2) is 18.2 Å². The lowest BCUT2D eigenvalue weighted by atomic mass is 10.1. The number of aryl methyl sites for hydroxylation is 2. The lowest BCUT2D eigenvalue weighted by Crippen LogP contribution is -2.51. The quantitative estimate of drug-likeness (QED) is 0.568. The fourth-order valence-corrected chi connectivity index (χ4v) is 3.18. The van der Waals surface area contributed by atoms with Gasteiger partial charge < -0.3 is 24.0 Å². The maximum absolute atomic E-state index is 12.4. The molecule has 0 radical (unpaired) electrons. The highest BCUT2D eigenvalue weighted by molar-refractivity contribution is 5.79. The lowest BCUT2D eigenvalue weighted by molar-refractivity contribution is -0.142. The number of methoxy groups -OCH3 is 1. The van der Waals surface area contributed by atoms with Gasteiger partial charge in [0.1, 0.15) is 12.4 Å². The van der Waals surface area contributed by atoms with Gasteiger partial charge in [-0.15, -0.1) is 0 Å². The van der Waals surface area contributed by atoms with Gasteiger partial charge in [-0.1, -0.05) is 18.2 Å². The van der Waals surface area contributed by atoms with Gasteiger partial charge in [-0.05, 0) is 31.4 Å². The Kier molecular flexibility index (Phi) is 9.23. The van der Waals surface area contributed by atoms with Gasteiger partial charge in [0, 0.05) is 39.7 Å². The molecule has 156 valence electrons. The SMILES string of the molecule is COCCOCC(=O)N1CCN(C(=O)CCCOc2c(C)cccc2C)CC1. The van der Waals surface area contributed by atoms with Crippen molar-refractivity contribution in [1.29, 1.82) is 0 Å². The van der Waals surface area contributed by atoms with Crippen LogP contribution in [-0.4, -0.2) is 81.3 Å². The van der Waals surface area contributed by atoms with Crippen molar-refractivity contribution >= 4 is 11.8 Å². The molecule has 1 aliphatic rings. The number of hydrogen-bond acceptors (Lipinski definition) is 5. The fourth-order valence-electron chi connectivity index (χ4n) is 3.18. The highest BCUT2D eigenvalue weighted by Crippen LogP contribution is 2.22. The summed E-state index contributed by atoms with van der Waals surface area (Å²) in [5.41, 5.74) is 2.22. The van der Waals surface area contributed by atoms with E-state index in [2.05, 4.69) is 0 Å². The third-order valence-electron chi connectivity index (χ3n) is 4.83. The van der Waals surface area contributed by atoms with Crippen LogP contribution >= 0.6 is 0 Å². The van der Waals surface area contributed by atoms with Crippen molar-refractivity contribution < 1.29 is 23.8 Å². The minimum Gasteiger partial charge on any atom is -0.493 e. The van der Waals surface area contributed by atoms with Crippen LogP contribution in [0.3, 0.4) is 0 Å². The molecular formula is C21H32N2O5. The number of carbonyl (C=O) groups is 2. The number of carbonyl (C=O) groups excluding carboxylic acids is 2. The highest BCUT2D eigenvalue weighted by Gasteiger charge is 2.23. The summed E-state index contributed by atoms with van der Waals surface area (Å²) < 4.78 is 16.0. The Hall–Kier alpha value is -2.12. The van der Waals surface area contributed by atoms with Crippen molar-refractivity contribution in [3.05, 3.63) is 29.3 Å². The highest BCUT2D eigenvalue weighted by atomic mass is 16.5. The average Bonchev–Trinajstić information content (AvgIpc) is 2.70. The van der Waals surface area contributed by atoms with Crippen LogP contribution in [0, 0.1) is 13.8 Å². The Labute approximate surface area is 167 Å². The number of para-hydroxylation sites is 1. The predicted molar refractivity (Wildman–Crippen MR) is 107 cm³/mol. The molecule has 0 atom stereocenters. The second kappa shape index (κ2) is 11.7. The molecule has 1 saturated heterocycles. The summed E-state index contributed by atoms with van der Waals surface area (Å²) in [6.45, 7) is 7.76. The van der Waals surface area contributed by atoms with Gasteiger partial charge in [-0.25, -0.2) is 0 Å². The Morgan fingerprint density at radius 1 is 0.929 bits per heavy atom. The smallest absolute Gasteiger partial charge is 0.248 e. The van der Waals surface area contributed by atoms with Gasteiger partial charge in [-0.2, -0.15) is 0 Å². The van der Waals surface area contributed by atoms with Gasteiger partial charge in [0.25, 0.3) is 0 Å². The van der Waals surface area contributed by atoms with Gasteiger partial charge in [0.15, 0.2) is 0 Å². The van der Waals surface area contributed by atoms with Gasteiger partial charge >= 0.3 is 0 Å². The average molecular weight is 392 g/mol. The van der Waals surface area contributed by atoms with E-state index in [-0.39, 0.29) is 18.4 Å². The first-order valence-electron chi connectivity index (χ1n) is 9.84. The molecular weight excluding hydrogens is 360 g/mol. The molecule has 1 aromatic carbocycles. The Balaban J connectivity index is 1.63. The fraction of sp³-hybridized carbons (Fsp3) is 0.619. The molecule has 7 heteroatoms. The first-order chi connectivity index (χ1) is 13.5. The molecule has 1 aliphatic heterocycles. The number of nitrogens with zero attached hydrogens (tertiary/aromatic N) is 2. The lowest BCUT2D eigenvalue weighted by Gasteiger charge is -2.34. The molecule has 0 spiro atoms. The number of amides is 2. The Morgan fingerprint density at radius 3 is 2.14 bits per heavy atom. The van der Waals surface area contributed by atoms with Gasteiger partial charge in [0.05, 0.1) is 19.8 Å². The third-order valence-corrected chi connectivity index (χ3v) is 4.83. The molecule has 2 amide bonds. The minimum atomic E-state index is -0.0368. The number of ether oxygens (including phenoxy) is 3. The van der Waals surface area contributed by atoms with Crippen molar-refractivity contribution in [2.24, 2.45) is 0 Å². The molecule has 1 aromatic rings. The van der Waals surface area contributed by atoms with Crippen LogP contribution in [-0.2, 0) is 19.1 Å². The van der Waals surface area contributed by atoms with E-state index < -0.39 is 0 Å². The predicted octanol–water partition coefficient (Wildman–Crippen LogP) is 1.80. The second-order valence-corrected chi connectivity index (χ2v) is 6.98. The van der Waals surface area contributed by atoms with E-state index in [1.54, 1.807) is 12.0 Å². The summed E-state index contributed by atoms with van der Waals surface area (Å²) in [5.74, 6) is 0.994. The minimum absolute atomic E-state index is 0.0368. The molecule has 0 aliphatic carbocycles. The number of rotatable bonds is 10. The van der Waals surface area contributed by atoms with Crippen LogP contribution in [0.2, 0.25) is 0 Å². The zero-order valence-electron chi connectivity index (χ0n) is 17.2. The summed E-state index contributed by atoms with van der Waals surface area (Å²) in [7, 11) is 1.59. The first kappa shape index (κ1) is 22.2. The monoisotopic (exact) mass is 392 g/mol. The largest absolute Gasteiger partial charge is 0.493 e. The molecule has 7 nitrogen and oxygen atoms in total. The van der Waals surface area contributed by atoms with Crippen molar-refractivity contribution in [2.45, 2.75) is 26.7 Å². The summed E-state index contributed by atoms with van der Waals surface area (Å²) in [6.07, 6.45) is 1.14.